The predicted octanol–water partition coefficient (Wildman–Crippen LogP) is 3.44. The summed E-state index contributed by atoms with van der Waals surface area (Å²) in [6.45, 7) is 3.57. The number of nitrogens with one attached hydrogen (secondary N) is 1. The van der Waals surface area contributed by atoms with Crippen LogP contribution in [0.25, 0.3) is 0 Å². The molecule has 154 valence electrons. The maximum absolute atomic E-state index is 12.7. The van der Waals surface area contributed by atoms with E-state index in [0.717, 1.165) is 38.1 Å². The molecule has 0 spiro atoms. The molecule has 1 heterocycles. The van der Waals surface area contributed by atoms with Crippen molar-refractivity contribution >= 4 is 11.8 Å². The van der Waals surface area contributed by atoms with Crippen LogP contribution in [-0.2, 0) is 16.0 Å². The van der Waals surface area contributed by atoms with E-state index in [4.69, 9.17) is 4.74 Å². The van der Waals surface area contributed by atoms with Gasteiger partial charge < -0.3 is 15.0 Å². The Morgan fingerprint density at radius 1 is 1.03 bits per heavy atom. The average molecular weight is 395 g/mol. The number of hydrogen-bond donors (Lipinski definition) is 1. The Morgan fingerprint density at radius 3 is 2.31 bits per heavy atom. The molecule has 0 bridgehead atoms. The average Bonchev–Trinajstić information content (AvgIpc) is 2.75. The van der Waals surface area contributed by atoms with Crippen LogP contribution in [0.1, 0.15) is 31.7 Å². The molecule has 1 fully saturated rings. The lowest BCUT2D eigenvalue weighted by Crippen LogP contribution is -2.49. The second-order valence-corrected chi connectivity index (χ2v) is 7.66. The zero-order valence-electron chi connectivity index (χ0n) is 17.0. The summed E-state index contributed by atoms with van der Waals surface area (Å²) in [6.07, 6.45) is 3.31. The summed E-state index contributed by atoms with van der Waals surface area (Å²) in [7, 11) is 0. The van der Waals surface area contributed by atoms with E-state index in [0.29, 0.717) is 12.5 Å². The van der Waals surface area contributed by atoms with Gasteiger partial charge in [0.1, 0.15) is 11.8 Å². The zero-order chi connectivity index (χ0) is 20.5. The number of amides is 2. The molecule has 29 heavy (non-hydrogen) atoms. The number of piperidine rings is 1. The first-order chi connectivity index (χ1) is 14.1. The van der Waals surface area contributed by atoms with Gasteiger partial charge in [0.25, 0.3) is 0 Å². The maximum atomic E-state index is 12.7. The lowest BCUT2D eigenvalue weighted by atomic mass is 9.90. The van der Waals surface area contributed by atoms with Gasteiger partial charge in [-0.05, 0) is 49.8 Å². The van der Waals surface area contributed by atoms with Gasteiger partial charge in [0.2, 0.25) is 11.8 Å². The van der Waals surface area contributed by atoms with Crippen molar-refractivity contribution in [3.63, 3.8) is 0 Å². The molecule has 0 radical (unpaired) electrons. The Kier molecular flexibility index (Phi) is 7.68. The van der Waals surface area contributed by atoms with E-state index in [1.807, 2.05) is 41.3 Å². The summed E-state index contributed by atoms with van der Waals surface area (Å²) in [4.78, 5) is 26.7. The van der Waals surface area contributed by atoms with Crippen molar-refractivity contribution in [2.75, 3.05) is 19.7 Å². The highest BCUT2D eigenvalue weighted by Crippen LogP contribution is 2.22. The van der Waals surface area contributed by atoms with E-state index < -0.39 is 6.04 Å². The third-order valence-electron chi connectivity index (χ3n) is 5.38. The van der Waals surface area contributed by atoms with E-state index in [2.05, 4.69) is 29.6 Å². The fourth-order valence-corrected chi connectivity index (χ4v) is 3.73. The molecule has 2 aromatic rings. The number of carbonyl (C=O) groups is 2. The minimum Gasteiger partial charge on any atom is -0.493 e. The Bertz CT molecular complexity index is 771. The number of rotatable bonds is 8. The molecular weight excluding hydrogens is 364 g/mol. The molecule has 1 atom stereocenters. The normalized spacial score (nSPS) is 15.6. The highest BCUT2D eigenvalue weighted by molar-refractivity contribution is 5.87. The molecule has 0 aromatic heterocycles. The third kappa shape index (κ3) is 6.63. The monoisotopic (exact) mass is 394 g/mol. The van der Waals surface area contributed by atoms with E-state index in [-0.39, 0.29) is 18.2 Å². The lowest BCUT2D eigenvalue weighted by Gasteiger charge is -2.33. The summed E-state index contributed by atoms with van der Waals surface area (Å²) in [5.41, 5.74) is 1.36. The first-order valence-corrected chi connectivity index (χ1v) is 10.4. The van der Waals surface area contributed by atoms with Crippen molar-refractivity contribution in [2.24, 2.45) is 5.92 Å². The third-order valence-corrected chi connectivity index (χ3v) is 5.38. The van der Waals surface area contributed by atoms with Crippen molar-refractivity contribution in [2.45, 2.75) is 38.6 Å². The molecule has 0 saturated carbocycles. The van der Waals surface area contributed by atoms with E-state index in [1.165, 1.54) is 5.56 Å². The van der Waals surface area contributed by atoms with Gasteiger partial charge in [-0.3, -0.25) is 9.59 Å². The fourth-order valence-electron chi connectivity index (χ4n) is 3.73. The highest BCUT2D eigenvalue weighted by Gasteiger charge is 2.26. The molecule has 2 aromatic carbocycles. The Morgan fingerprint density at radius 2 is 1.66 bits per heavy atom. The van der Waals surface area contributed by atoms with Crippen LogP contribution in [0, 0.1) is 5.92 Å². The standard InChI is InChI=1S/C24H30N2O3/c1-19(25-23(27)14-17-29-22-10-6-3-7-11-22)24(28)26-15-12-21(13-16-26)18-20-8-4-2-5-9-20/h2-11,19,21H,12-18H2,1H3,(H,25,27)/t19-/m1/s1. The van der Waals surface area contributed by atoms with Crippen molar-refractivity contribution in [3.05, 3.63) is 66.2 Å². The summed E-state index contributed by atoms with van der Waals surface area (Å²) < 4.78 is 5.54. The molecule has 0 aliphatic carbocycles. The molecule has 1 N–H and O–H groups in total. The minimum absolute atomic E-state index is 0.000453. The molecule has 5 nitrogen and oxygen atoms in total. The van der Waals surface area contributed by atoms with Crippen molar-refractivity contribution in [3.8, 4) is 5.75 Å². The molecule has 2 amide bonds. The van der Waals surface area contributed by atoms with E-state index in [1.54, 1.807) is 6.92 Å². The molecule has 1 aliphatic rings. The van der Waals surface area contributed by atoms with E-state index >= 15 is 0 Å². The zero-order valence-corrected chi connectivity index (χ0v) is 17.0. The van der Waals surface area contributed by atoms with Crippen LogP contribution >= 0.6 is 0 Å². The number of ether oxygens (including phenoxy) is 1. The van der Waals surface area contributed by atoms with E-state index in [9.17, 15) is 9.59 Å². The van der Waals surface area contributed by atoms with Gasteiger partial charge >= 0.3 is 0 Å². The Labute approximate surface area is 173 Å². The summed E-state index contributed by atoms with van der Waals surface area (Å²) in [6, 6.07) is 19.4. The summed E-state index contributed by atoms with van der Waals surface area (Å²) >= 11 is 0. The second kappa shape index (κ2) is 10.6. The molecule has 1 aliphatic heterocycles. The smallest absolute Gasteiger partial charge is 0.244 e. The largest absolute Gasteiger partial charge is 0.493 e. The quantitative estimate of drug-likeness (QED) is 0.746. The molecular formula is C24H30N2O3. The second-order valence-electron chi connectivity index (χ2n) is 7.66. The lowest BCUT2D eigenvalue weighted by molar-refractivity contribution is -0.137. The number of benzene rings is 2. The number of nitrogens with zero attached hydrogens (tertiary/aromatic N) is 1. The topological polar surface area (TPSA) is 58.6 Å². The number of para-hydroxylation sites is 1. The maximum Gasteiger partial charge on any atom is 0.244 e. The number of carbonyl (C=O) groups excluding carboxylic acids is 2. The van der Waals surface area contributed by atoms with Gasteiger partial charge in [0, 0.05) is 13.1 Å². The molecule has 5 heteroatoms. The molecule has 0 unspecified atom stereocenters. The summed E-state index contributed by atoms with van der Waals surface area (Å²) in [5.74, 6) is 1.19. The Hall–Kier alpha value is -2.82. The van der Waals surface area contributed by atoms with Crippen LogP contribution in [-0.4, -0.2) is 42.5 Å². The van der Waals surface area contributed by atoms with Gasteiger partial charge in [-0.15, -0.1) is 0 Å². The van der Waals surface area contributed by atoms with Crippen LogP contribution in [0.2, 0.25) is 0 Å². The van der Waals surface area contributed by atoms with Crippen LogP contribution in [0.4, 0.5) is 0 Å². The number of hydrogen-bond acceptors (Lipinski definition) is 3. The number of likely N-dealkylation sites (tertiary alicyclic amines) is 1. The van der Waals surface area contributed by atoms with Gasteiger partial charge in [-0.2, -0.15) is 0 Å². The summed E-state index contributed by atoms with van der Waals surface area (Å²) in [5, 5.41) is 2.80. The first kappa shape index (κ1) is 20.9. The molecule has 1 saturated heterocycles. The van der Waals surface area contributed by atoms with Crippen LogP contribution in [0.5, 0.6) is 5.75 Å². The fraction of sp³-hybridized carbons (Fsp3) is 0.417. The molecule has 3 rings (SSSR count). The highest BCUT2D eigenvalue weighted by atomic mass is 16.5. The van der Waals surface area contributed by atoms with Crippen LogP contribution in [0.15, 0.2) is 60.7 Å². The minimum atomic E-state index is -0.509. The van der Waals surface area contributed by atoms with Gasteiger partial charge in [0.15, 0.2) is 0 Å². The predicted molar refractivity (Wildman–Crippen MR) is 114 cm³/mol. The van der Waals surface area contributed by atoms with Crippen LogP contribution < -0.4 is 10.1 Å². The van der Waals surface area contributed by atoms with Gasteiger partial charge in [0.05, 0.1) is 13.0 Å². The van der Waals surface area contributed by atoms with Gasteiger partial charge in [-0.1, -0.05) is 48.5 Å². The van der Waals surface area contributed by atoms with Crippen molar-refractivity contribution in [1.29, 1.82) is 0 Å². The first-order valence-electron chi connectivity index (χ1n) is 10.4. The van der Waals surface area contributed by atoms with Crippen molar-refractivity contribution in [1.82, 2.24) is 10.2 Å². The SMILES string of the molecule is C[C@@H](NC(=O)CCOc1ccccc1)C(=O)N1CCC(Cc2ccccc2)CC1. The van der Waals surface area contributed by atoms with Crippen LogP contribution in [0.3, 0.4) is 0 Å². The van der Waals surface area contributed by atoms with Gasteiger partial charge in [-0.25, -0.2) is 0 Å². The Balaban J connectivity index is 1.36. The van der Waals surface area contributed by atoms with Crippen molar-refractivity contribution < 1.29 is 14.3 Å².